The van der Waals surface area contributed by atoms with E-state index in [0.717, 1.165) is 72.4 Å². The summed E-state index contributed by atoms with van der Waals surface area (Å²) in [7, 11) is 0. The molecule has 3 heterocycles. The normalized spacial score (nSPS) is 11.5. The fraction of sp³-hybridized carbons (Fsp3) is 0. The summed E-state index contributed by atoms with van der Waals surface area (Å²) in [6.07, 6.45) is 0. The molecule has 0 aliphatic carbocycles. The zero-order valence-corrected chi connectivity index (χ0v) is 27.7. The van der Waals surface area contributed by atoms with Crippen LogP contribution >= 0.6 is 0 Å². The molecule has 238 valence electrons. The summed E-state index contributed by atoms with van der Waals surface area (Å²) < 4.78 is 2.44. The lowest BCUT2D eigenvalue weighted by Crippen LogP contribution is -1.97. The Kier molecular flexibility index (Phi) is 6.81. The summed E-state index contributed by atoms with van der Waals surface area (Å²) in [6.45, 7) is 0. The summed E-state index contributed by atoms with van der Waals surface area (Å²) in [5, 5.41) is 5.92. The lowest BCUT2D eigenvalue weighted by atomic mass is 9.97. The third-order valence-corrected chi connectivity index (χ3v) is 9.95. The number of benzene rings is 7. The summed E-state index contributed by atoms with van der Waals surface area (Å²) in [5.74, 6) is 0. The number of para-hydroxylation sites is 2. The van der Waals surface area contributed by atoms with E-state index in [0.29, 0.717) is 0 Å². The minimum atomic E-state index is 0.934. The van der Waals surface area contributed by atoms with Gasteiger partial charge >= 0.3 is 0 Å². The van der Waals surface area contributed by atoms with Crippen molar-refractivity contribution in [2.45, 2.75) is 0 Å². The van der Waals surface area contributed by atoms with Gasteiger partial charge in [-0.1, -0.05) is 152 Å². The van der Waals surface area contributed by atoms with Crippen LogP contribution in [0.4, 0.5) is 0 Å². The smallest absolute Gasteiger partial charge is 0.0788 e. The van der Waals surface area contributed by atoms with Crippen molar-refractivity contribution in [2.24, 2.45) is 0 Å². The topological polar surface area (TPSA) is 30.7 Å². The molecule has 0 radical (unpaired) electrons. The van der Waals surface area contributed by atoms with Gasteiger partial charge < -0.3 is 4.57 Å². The standard InChI is InChI=1S/C48H31N3/c1-4-15-32(16-5-1)36-30-43(33-17-6-2-7-18-33)49-44(31-36)35-21-14-22-37(29-35)51-45-26-13-11-23-38(45)39-27-28-41-46(48(39)51)40-24-10-12-25-42(40)50-47(41)34-19-8-3-9-20-34/h1-31H. The Morgan fingerprint density at radius 3 is 1.71 bits per heavy atom. The summed E-state index contributed by atoms with van der Waals surface area (Å²) >= 11 is 0. The maximum atomic E-state index is 5.27. The van der Waals surface area contributed by atoms with Crippen molar-refractivity contribution in [1.82, 2.24) is 14.5 Å². The monoisotopic (exact) mass is 649 g/mol. The Balaban J connectivity index is 1.26. The van der Waals surface area contributed by atoms with Crippen molar-refractivity contribution in [1.29, 1.82) is 0 Å². The van der Waals surface area contributed by atoms with Crippen LogP contribution in [0.1, 0.15) is 0 Å². The van der Waals surface area contributed by atoms with E-state index in [-0.39, 0.29) is 0 Å². The lowest BCUT2D eigenvalue weighted by Gasteiger charge is -2.15. The molecule has 0 bridgehead atoms. The van der Waals surface area contributed by atoms with Gasteiger partial charge in [-0.15, -0.1) is 0 Å². The Hall–Kier alpha value is -6.84. The van der Waals surface area contributed by atoms with E-state index in [1.165, 1.54) is 21.7 Å². The Labute approximate surface area is 295 Å². The highest BCUT2D eigenvalue weighted by atomic mass is 15.0. The van der Waals surface area contributed by atoms with E-state index in [2.05, 4.69) is 187 Å². The molecule has 3 nitrogen and oxygen atoms in total. The van der Waals surface area contributed by atoms with E-state index in [9.17, 15) is 0 Å². The van der Waals surface area contributed by atoms with E-state index in [1.54, 1.807) is 0 Å². The van der Waals surface area contributed by atoms with Crippen LogP contribution in [0.25, 0.3) is 94.1 Å². The number of pyridine rings is 2. The molecule has 10 aromatic rings. The van der Waals surface area contributed by atoms with Gasteiger partial charge in [0.1, 0.15) is 0 Å². The molecule has 51 heavy (non-hydrogen) atoms. The van der Waals surface area contributed by atoms with Gasteiger partial charge in [-0.2, -0.15) is 0 Å². The summed E-state index contributed by atoms with van der Waals surface area (Å²) in [6, 6.07) is 66.6. The number of aromatic nitrogens is 3. The predicted octanol–water partition coefficient (Wildman–Crippen LogP) is 12.5. The van der Waals surface area contributed by atoms with Crippen molar-refractivity contribution in [2.75, 3.05) is 0 Å². The number of rotatable bonds is 5. The largest absolute Gasteiger partial charge is 0.309 e. The molecule has 0 spiro atoms. The first-order valence-corrected chi connectivity index (χ1v) is 17.3. The molecule has 7 aromatic carbocycles. The van der Waals surface area contributed by atoms with Gasteiger partial charge in [-0.3, -0.25) is 0 Å². The molecule has 3 aromatic heterocycles. The van der Waals surface area contributed by atoms with Crippen molar-refractivity contribution in [3.63, 3.8) is 0 Å². The molecule has 0 atom stereocenters. The van der Waals surface area contributed by atoms with Crippen LogP contribution in [0.15, 0.2) is 188 Å². The van der Waals surface area contributed by atoms with Crippen molar-refractivity contribution >= 4 is 43.5 Å². The van der Waals surface area contributed by atoms with E-state index >= 15 is 0 Å². The first-order chi connectivity index (χ1) is 25.3. The first-order valence-electron chi connectivity index (χ1n) is 17.3. The van der Waals surface area contributed by atoms with E-state index in [4.69, 9.17) is 9.97 Å². The van der Waals surface area contributed by atoms with Gasteiger partial charge in [0.2, 0.25) is 0 Å². The van der Waals surface area contributed by atoms with Crippen LogP contribution in [0.3, 0.4) is 0 Å². The molecular formula is C48H31N3. The van der Waals surface area contributed by atoms with E-state index in [1.807, 2.05) is 6.07 Å². The highest BCUT2D eigenvalue weighted by Gasteiger charge is 2.20. The Bertz CT molecular complexity index is 2830. The van der Waals surface area contributed by atoms with E-state index < -0.39 is 0 Å². The highest BCUT2D eigenvalue weighted by molar-refractivity contribution is 6.26. The predicted molar refractivity (Wildman–Crippen MR) is 213 cm³/mol. The lowest BCUT2D eigenvalue weighted by molar-refractivity contribution is 1.18. The van der Waals surface area contributed by atoms with Gasteiger partial charge in [0.15, 0.2) is 0 Å². The third-order valence-electron chi connectivity index (χ3n) is 9.95. The molecule has 0 saturated carbocycles. The second-order valence-corrected chi connectivity index (χ2v) is 13.0. The molecule has 0 N–H and O–H groups in total. The minimum absolute atomic E-state index is 0.934. The molecule has 0 saturated heterocycles. The Morgan fingerprint density at radius 2 is 0.941 bits per heavy atom. The fourth-order valence-electron chi connectivity index (χ4n) is 7.61. The van der Waals surface area contributed by atoms with Gasteiger partial charge in [-0.05, 0) is 47.5 Å². The van der Waals surface area contributed by atoms with Gasteiger partial charge in [0, 0.05) is 49.3 Å². The first kappa shape index (κ1) is 29.1. The molecule has 0 amide bonds. The van der Waals surface area contributed by atoms with Gasteiger partial charge in [0.05, 0.1) is 33.6 Å². The number of hydrogen-bond acceptors (Lipinski definition) is 2. The van der Waals surface area contributed by atoms with Crippen molar-refractivity contribution < 1.29 is 0 Å². The number of fused-ring (bicyclic) bond motifs is 7. The van der Waals surface area contributed by atoms with Crippen LogP contribution in [-0.2, 0) is 0 Å². The molecule has 0 unspecified atom stereocenters. The second kappa shape index (κ2) is 11.9. The van der Waals surface area contributed by atoms with Crippen LogP contribution < -0.4 is 0 Å². The second-order valence-electron chi connectivity index (χ2n) is 13.0. The molecule has 3 heteroatoms. The average molecular weight is 650 g/mol. The minimum Gasteiger partial charge on any atom is -0.309 e. The van der Waals surface area contributed by atoms with Crippen molar-refractivity contribution in [3.05, 3.63) is 188 Å². The number of hydrogen-bond donors (Lipinski definition) is 0. The van der Waals surface area contributed by atoms with Crippen LogP contribution in [0, 0.1) is 0 Å². The molecule has 0 aliphatic heterocycles. The highest BCUT2D eigenvalue weighted by Crippen LogP contribution is 2.42. The van der Waals surface area contributed by atoms with Crippen LogP contribution in [-0.4, -0.2) is 14.5 Å². The van der Waals surface area contributed by atoms with Crippen LogP contribution in [0.5, 0.6) is 0 Å². The summed E-state index contributed by atoms with van der Waals surface area (Å²) in [5.41, 5.74) is 12.9. The summed E-state index contributed by atoms with van der Waals surface area (Å²) in [4.78, 5) is 10.5. The maximum Gasteiger partial charge on any atom is 0.0788 e. The SMILES string of the molecule is c1ccc(-c2cc(-c3ccccc3)nc(-c3cccc(-n4c5ccccc5c5ccc6c(-c7ccccc7)nc7ccccc7c6c54)c3)c2)cc1. The fourth-order valence-corrected chi connectivity index (χ4v) is 7.61. The van der Waals surface area contributed by atoms with Gasteiger partial charge in [0.25, 0.3) is 0 Å². The molecule has 10 rings (SSSR count). The molecule has 0 aliphatic rings. The maximum absolute atomic E-state index is 5.27. The zero-order chi connectivity index (χ0) is 33.7. The van der Waals surface area contributed by atoms with Gasteiger partial charge in [-0.25, -0.2) is 9.97 Å². The molecular weight excluding hydrogens is 619 g/mol. The third kappa shape index (κ3) is 4.90. The Morgan fingerprint density at radius 1 is 0.353 bits per heavy atom. The zero-order valence-electron chi connectivity index (χ0n) is 27.7. The average Bonchev–Trinajstić information content (AvgIpc) is 3.56. The molecule has 0 fully saturated rings. The number of nitrogens with zero attached hydrogens (tertiary/aromatic N) is 3. The quantitative estimate of drug-likeness (QED) is 0.174. The van der Waals surface area contributed by atoms with Crippen LogP contribution in [0.2, 0.25) is 0 Å². The van der Waals surface area contributed by atoms with Crippen molar-refractivity contribution in [3.8, 4) is 50.6 Å².